The van der Waals surface area contributed by atoms with Crippen LogP contribution in [0.15, 0.2) is 0 Å². The van der Waals surface area contributed by atoms with Gasteiger partial charge in [0.25, 0.3) is 0 Å². The summed E-state index contributed by atoms with van der Waals surface area (Å²) in [5.41, 5.74) is 0. The van der Waals surface area contributed by atoms with Crippen LogP contribution in [0.5, 0.6) is 0 Å². The fourth-order valence-corrected chi connectivity index (χ4v) is 0.957. The van der Waals surface area contributed by atoms with Crippen molar-refractivity contribution in [1.29, 1.82) is 0 Å². The smallest absolute Gasteiger partial charge is 0.375 e. The van der Waals surface area contributed by atoms with Crippen LogP contribution >= 0.6 is 0 Å². The quantitative estimate of drug-likeness (QED) is 0.519. The fourth-order valence-electron chi connectivity index (χ4n) is 0.319. The van der Waals surface area contributed by atoms with E-state index >= 15 is 0 Å². The van der Waals surface area contributed by atoms with Gasteiger partial charge in [0.05, 0.1) is 0 Å². The molecule has 0 aliphatic heterocycles. The second kappa shape index (κ2) is 5.24. The molecule has 0 saturated carbocycles. The third-order valence-electron chi connectivity index (χ3n) is 0.596. The van der Waals surface area contributed by atoms with Gasteiger partial charge in [0.2, 0.25) is 0 Å². The van der Waals surface area contributed by atoms with E-state index in [-0.39, 0.29) is 0 Å². The zero-order chi connectivity index (χ0) is 6.41. The Labute approximate surface area is 51.5 Å². The van der Waals surface area contributed by atoms with E-state index in [0.29, 0.717) is 6.61 Å². The maximum Gasteiger partial charge on any atom is 0.577 e. The first-order valence-corrected chi connectivity index (χ1v) is 3.65. The van der Waals surface area contributed by atoms with Crippen LogP contribution in [-0.4, -0.2) is 30.4 Å². The van der Waals surface area contributed by atoms with Crippen LogP contribution in [0, 0.1) is 0 Å². The second-order valence-electron chi connectivity index (χ2n) is 1.09. The molecule has 1 radical (unpaired) electrons. The number of rotatable bonds is 4. The third-order valence-corrected chi connectivity index (χ3v) is 1.79. The van der Waals surface area contributed by atoms with Crippen LogP contribution < -0.4 is 0 Å². The van der Waals surface area contributed by atoms with E-state index < -0.39 is 9.53 Å². The zero-order valence-electron chi connectivity index (χ0n) is 5.43. The van der Waals surface area contributed by atoms with Gasteiger partial charge >= 0.3 is 9.53 Å². The molecular weight excluding hydrogens is 124 g/mol. The molecule has 0 aliphatic rings. The molecule has 0 N–H and O–H groups in total. The summed E-state index contributed by atoms with van der Waals surface area (Å²) in [5.74, 6) is 0. The van der Waals surface area contributed by atoms with Crippen molar-refractivity contribution < 1.29 is 13.3 Å². The van der Waals surface area contributed by atoms with Crippen LogP contribution in [0.1, 0.15) is 6.92 Å². The fraction of sp³-hybridized carbons (Fsp3) is 1.00. The highest BCUT2D eigenvalue weighted by Crippen LogP contribution is 1.85. The van der Waals surface area contributed by atoms with E-state index in [9.17, 15) is 0 Å². The molecule has 0 heterocycles. The summed E-state index contributed by atoms with van der Waals surface area (Å²) in [6.45, 7) is 2.55. The van der Waals surface area contributed by atoms with Crippen LogP contribution in [0.25, 0.3) is 0 Å². The van der Waals surface area contributed by atoms with E-state index in [2.05, 4.69) is 0 Å². The van der Waals surface area contributed by atoms with Crippen LogP contribution in [0.4, 0.5) is 0 Å². The molecule has 0 unspecified atom stereocenters. The second-order valence-corrected chi connectivity index (χ2v) is 2.70. The van der Waals surface area contributed by atoms with Gasteiger partial charge in [-0.05, 0) is 6.92 Å². The van der Waals surface area contributed by atoms with Crippen molar-refractivity contribution in [3.8, 4) is 0 Å². The largest absolute Gasteiger partial charge is 0.577 e. The van der Waals surface area contributed by atoms with Crippen molar-refractivity contribution in [3.05, 3.63) is 0 Å². The topological polar surface area (TPSA) is 27.7 Å². The lowest BCUT2D eigenvalue weighted by Gasteiger charge is -2.05. The average Bonchev–Trinajstić information content (AvgIpc) is 1.83. The first-order valence-electron chi connectivity index (χ1n) is 2.42. The average molecular weight is 135 g/mol. The lowest BCUT2D eigenvalue weighted by molar-refractivity contribution is 0.142. The van der Waals surface area contributed by atoms with Gasteiger partial charge in [-0.15, -0.1) is 0 Å². The van der Waals surface area contributed by atoms with Crippen LogP contribution in [0.3, 0.4) is 0 Å². The zero-order valence-corrected chi connectivity index (χ0v) is 6.43. The Morgan fingerprint density at radius 2 is 1.75 bits per heavy atom. The molecule has 8 heavy (non-hydrogen) atoms. The Hall–Kier alpha value is 0.0969. The molecule has 0 bridgehead atoms. The molecule has 0 aromatic heterocycles. The monoisotopic (exact) mass is 135 g/mol. The molecule has 0 saturated heterocycles. The van der Waals surface area contributed by atoms with Crippen molar-refractivity contribution in [2.45, 2.75) is 6.92 Å². The predicted octanol–water partition coefficient (Wildman–Crippen LogP) is 0.301. The highest BCUT2D eigenvalue weighted by Gasteiger charge is 2.11. The Kier molecular flexibility index (Phi) is 5.30. The van der Waals surface area contributed by atoms with Crippen molar-refractivity contribution in [3.63, 3.8) is 0 Å². The molecule has 0 amide bonds. The van der Waals surface area contributed by atoms with Crippen molar-refractivity contribution in [2.75, 3.05) is 20.8 Å². The Morgan fingerprint density at radius 3 is 1.88 bits per heavy atom. The summed E-state index contributed by atoms with van der Waals surface area (Å²) in [4.78, 5) is 0. The summed E-state index contributed by atoms with van der Waals surface area (Å²) in [6, 6.07) is 0. The summed E-state index contributed by atoms with van der Waals surface area (Å²) in [6.07, 6.45) is 0. The lowest BCUT2D eigenvalue weighted by atomic mass is 10.9. The van der Waals surface area contributed by atoms with E-state index in [0.717, 1.165) is 0 Å². The maximum atomic E-state index is 5.00. The highest BCUT2D eigenvalue weighted by molar-refractivity contribution is 6.36. The van der Waals surface area contributed by atoms with Gasteiger partial charge < -0.3 is 13.3 Å². The van der Waals surface area contributed by atoms with Gasteiger partial charge in [-0.3, -0.25) is 0 Å². The van der Waals surface area contributed by atoms with Gasteiger partial charge in [0.15, 0.2) is 0 Å². The molecule has 0 aliphatic carbocycles. The lowest BCUT2D eigenvalue weighted by Crippen LogP contribution is -2.23. The minimum atomic E-state index is -1.37. The summed E-state index contributed by atoms with van der Waals surface area (Å²) >= 11 is 0. The van der Waals surface area contributed by atoms with E-state index in [1.807, 2.05) is 6.92 Å². The highest BCUT2D eigenvalue weighted by atomic mass is 28.3. The Morgan fingerprint density at radius 1 is 1.25 bits per heavy atom. The molecule has 0 rings (SSSR count). The Balaban J connectivity index is 3.07. The van der Waals surface area contributed by atoms with Gasteiger partial charge in [-0.1, -0.05) is 0 Å². The molecule has 0 aromatic rings. The minimum Gasteiger partial charge on any atom is -0.375 e. The van der Waals surface area contributed by atoms with E-state index in [1.54, 1.807) is 14.2 Å². The first-order chi connectivity index (χ1) is 3.85. The molecule has 4 heteroatoms. The van der Waals surface area contributed by atoms with Gasteiger partial charge in [-0.2, -0.15) is 0 Å². The van der Waals surface area contributed by atoms with Crippen molar-refractivity contribution in [1.82, 2.24) is 0 Å². The molecule has 0 atom stereocenters. The third kappa shape index (κ3) is 3.14. The molecule has 0 spiro atoms. The minimum absolute atomic E-state index is 0.649. The van der Waals surface area contributed by atoms with Crippen molar-refractivity contribution >= 4 is 9.53 Å². The molecular formula is C4H11O3Si. The van der Waals surface area contributed by atoms with Crippen LogP contribution in [-0.2, 0) is 13.3 Å². The molecule has 0 aromatic carbocycles. The van der Waals surface area contributed by atoms with Crippen molar-refractivity contribution in [2.24, 2.45) is 0 Å². The normalized spacial score (nSPS) is 10.5. The summed E-state index contributed by atoms with van der Waals surface area (Å²) < 4.78 is 14.6. The summed E-state index contributed by atoms with van der Waals surface area (Å²) in [5, 5.41) is 0. The van der Waals surface area contributed by atoms with Gasteiger partial charge in [0, 0.05) is 20.8 Å². The van der Waals surface area contributed by atoms with E-state index in [1.165, 1.54) is 0 Å². The standard InChI is InChI=1S/C4H11O3Si/c1-4-7-8(5-2)6-3/h4H2,1-3H3. The molecule has 0 fully saturated rings. The number of hydrogen-bond acceptors (Lipinski definition) is 3. The number of hydrogen-bond donors (Lipinski definition) is 0. The first kappa shape index (κ1) is 8.10. The van der Waals surface area contributed by atoms with Gasteiger partial charge in [-0.25, -0.2) is 0 Å². The molecule has 49 valence electrons. The SMILES string of the molecule is CCO[Si](OC)OC. The summed E-state index contributed by atoms with van der Waals surface area (Å²) in [7, 11) is 1.78. The van der Waals surface area contributed by atoms with Crippen LogP contribution in [0.2, 0.25) is 0 Å². The van der Waals surface area contributed by atoms with E-state index in [4.69, 9.17) is 13.3 Å². The molecule has 3 nitrogen and oxygen atoms in total. The predicted molar refractivity (Wildman–Crippen MR) is 31.4 cm³/mol. The maximum absolute atomic E-state index is 5.00. The van der Waals surface area contributed by atoms with Gasteiger partial charge in [0.1, 0.15) is 0 Å². The Bertz CT molecular complexity index is 46.5.